The fourth-order valence-corrected chi connectivity index (χ4v) is 2.78. The number of nitrogens with one attached hydrogen (secondary N) is 1. The molecule has 0 aliphatic heterocycles. The van der Waals surface area contributed by atoms with Crippen LogP contribution in [-0.4, -0.2) is 21.9 Å². The second-order valence-electron chi connectivity index (χ2n) is 5.77. The summed E-state index contributed by atoms with van der Waals surface area (Å²) in [5, 5.41) is 7.85. The Kier molecular flexibility index (Phi) is 5.23. The number of aromatic nitrogens is 3. The highest BCUT2D eigenvalue weighted by atomic mass is 16.5. The van der Waals surface area contributed by atoms with Gasteiger partial charge in [-0.2, -0.15) is 5.10 Å². The van der Waals surface area contributed by atoms with Gasteiger partial charge in [-0.15, -0.1) is 0 Å². The number of methoxy groups -OCH3 is 1. The molecule has 0 amide bonds. The minimum absolute atomic E-state index is 0.162. The first kappa shape index (κ1) is 16.2. The van der Waals surface area contributed by atoms with Gasteiger partial charge in [0, 0.05) is 6.54 Å². The van der Waals surface area contributed by atoms with Crippen molar-refractivity contribution < 1.29 is 4.74 Å². The average molecular weight is 322 g/mol. The van der Waals surface area contributed by atoms with Gasteiger partial charge in [0.15, 0.2) is 0 Å². The van der Waals surface area contributed by atoms with Gasteiger partial charge in [-0.3, -0.25) is 4.68 Å². The zero-order chi connectivity index (χ0) is 16.8. The number of aryl methyl sites for hydroxylation is 1. The van der Waals surface area contributed by atoms with Crippen molar-refractivity contribution in [2.45, 2.75) is 26.1 Å². The molecule has 1 N–H and O–H groups in total. The summed E-state index contributed by atoms with van der Waals surface area (Å²) in [4.78, 5) is 4.03. The molecule has 1 unspecified atom stereocenters. The summed E-state index contributed by atoms with van der Waals surface area (Å²) in [6.45, 7) is 3.57. The molecular formula is C19H22N4O. The minimum atomic E-state index is 0.162. The van der Waals surface area contributed by atoms with E-state index in [0.29, 0.717) is 0 Å². The highest BCUT2D eigenvalue weighted by Crippen LogP contribution is 2.20. The Morgan fingerprint density at radius 1 is 1.17 bits per heavy atom. The molecule has 0 bridgehead atoms. The summed E-state index contributed by atoms with van der Waals surface area (Å²) >= 11 is 0. The molecule has 1 aromatic heterocycles. The van der Waals surface area contributed by atoms with Gasteiger partial charge in [0.25, 0.3) is 0 Å². The van der Waals surface area contributed by atoms with Crippen LogP contribution in [0, 0.1) is 6.92 Å². The predicted octanol–water partition coefficient (Wildman–Crippen LogP) is 3.13. The van der Waals surface area contributed by atoms with E-state index in [1.54, 1.807) is 19.8 Å². The predicted molar refractivity (Wildman–Crippen MR) is 93.8 cm³/mol. The molecule has 124 valence electrons. The third-order valence-corrected chi connectivity index (χ3v) is 4.05. The fourth-order valence-electron chi connectivity index (χ4n) is 2.78. The van der Waals surface area contributed by atoms with Gasteiger partial charge in [-0.1, -0.05) is 42.5 Å². The molecule has 0 saturated carbocycles. The summed E-state index contributed by atoms with van der Waals surface area (Å²) in [5.41, 5.74) is 3.61. The van der Waals surface area contributed by atoms with Crippen molar-refractivity contribution in [1.29, 1.82) is 0 Å². The quantitative estimate of drug-likeness (QED) is 0.726. The third kappa shape index (κ3) is 4.00. The maximum absolute atomic E-state index is 5.33. The lowest BCUT2D eigenvalue weighted by Gasteiger charge is -2.19. The molecule has 1 atom stereocenters. The number of hydrogen-bond acceptors (Lipinski definition) is 4. The lowest BCUT2D eigenvalue weighted by atomic mass is 10.1. The maximum atomic E-state index is 5.33. The Hall–Kier alpha value is -2.66. The van der Waals surface area contributed by atoms with Crippen LogP contribution in [-0.2, 0) is 13.1 Å². The second kappa shape index (κ2) is 7.75. The lowest BCUT2D eigenvalue weighted by Crippen LogP contribution is -2.25. The van der Waals surface area contributed by atoms with Gasteiger partial charge >= 0.3 is 0 Å². The zero-order valence-corrected chi connectivity index (χ0v) is 14.0. The molecule has 3 aromatic rings. The van der Waals surface area contributed by atoms with Gasteiger partial charge < -0.3 is 10.1 Å². The first-order chi connectivity index (χ1) is 11.8. The van der Waals surface area contributed by atoms with Crippen LogP contribution in [0.15, 0.2) is 61.2 Å². The molecule has 2 aromatic carbocycles. The van der Waals surface area contributed by atoms with E-state index in [1.807, 2.05) is 16.8 Å². The smallest absolute Gasteiger partial charge is 0.137 e. The number of ether oxygens (including phenoxy) is 1. The zero-order valence-electron chi connectivity index (χ0n) is 14.0. The van der Waals surface area contributed by atoms with Crippen LogP contribution >= 0.6 is 0 Å². The molecular weight excluding hydrogens is 300 g/mol. The summed E-state index contributed by atoms with van der Waals surface area (Å²) in [7, 11) is 1.70. The van der Waals surface area contributed by atoms with Crippen molar-refractivity contribution in [3.63, 3.8) is 0 Å². The van der Waals surface area contributed by atoms with Gasteiger partial charge in [-0.25, -0.2) is 4.98 Å². The van der Waals surface area contributed by atoms with E-state index >= 15 is 0 Å². The van der Waals surface area contributed by atoms with Gasteiger partial charge in [0.1, 0.15) is 18.4 Å². The average Bonchev–Trinajstić information content (AvgIpc) is 3.12. The number of rotatable bonds is 7. The molecule has 24 heavy (non-hydrogen) atoms. The second-order valence-corrected chi connectivity index (χ2v) is 5.77. The first-order valence-electron chi connectivity index (χ1n) is 8.00. The van der Waals surface area contributed by atoms with Crippen molar-refractivity contribution in [3.8, 4) is 5.75 Å². The van der Waals surface area contributed by atoms with E-state index in [2.05, 4.69) is 58.7 Å². The van der Waals surface area contributed by atoms with E-state index in [4.69, 9.17) is 4.74 Å². The van der Waals surface area contributed by atoms with Crippen LogP contribution in [0.3, 0.4) is 0 Å². The van der Waals surface area contributed by atoms with E-state index in [1.165, 1.54) is 11.1 Å². The highest BCUT2D eigenvalue weighted by Gasteiger charge is 2.12. The summed E-state index contributed by atoms with van der Waals surface area (Å²) < 4.78 is 7.18. The molecule has 5 nitrogen and oxygen atoms in total. The molecule has 0 fully saturated rings. The van der Waals surface area contributed by atoms with Gasteiger partial charge in [0.2, 0.25) is 0 Å². The van der Waals surface area contributed by atoms with Gasteiger partial charge in [0.05, 0.1) is 19.7 Å². The van der Waals surface area contributed by atoms with Crippen LogP contribution in [0.5, 0.6) is 5.75 Å². The lowest BCUT2D eigenvalue weighted by molar-refractivity contribution is 0.411. The van der Waals surface area contributed by atoms with Crippen molar-refractivity contribution in [3.05, 3.63) is 77.9 Å². The van der Waals surface area contributed by atoms with Crippen molar-refractivity contribution in [1.82, 2.24) is 20.1 Å². The number of nitrogens with zero attached hydrogens (tertiary/aromatic N) is 3. The Balaban J connectivity index is 1.73. The van der Waals surface area contributed by atoms with E-state index < -0.39 is 0 Å². The first-order valence-corrected chi connectivity index (χ1v) is 8.00. The minimum Gasteiger partial charge on any atom is -0.496 e. The molecule has 1 heterocycles. The third-order valence-electron chi connectivity index (χ3n) is 4.05. The topological polar surface area (TPSA) is 52.0 Å². The molecule has 3 rings (SSSR count). The number of hydrogen-bond donors (Lipinski definition) is 1. The molecule has 0 saturated heterocycles. The standard InChI is InChI=1S/C19H22N4O/c1-15-10-16(8-9-19(15)24-2)11-21-18(12-23-14-20-13-22-23)17-6-4-3-5-7-17/h3-10,13-14,18,21H,11-12H2,1-2H3. The van der Waals surface area contributed by atoms with E-state index in [-0.39, 0.29) is 6.04 Å². The normalized spacial score (nSPS) is 12.1. The fraction of sp³-hybridized carbons (Fsp3) is 0.263. The summed E-state index contributed by atoms with van der Waals surface area (Å²) in [5.74, 6) is 0.918. The van der Waals surface area contributed by atoms with Crippen LogP contribution in [0.2, 0.25) is 0 Å². The monoisotopic (exact) mass is 322 g/mol. The van der Waals surface area contributed by atoms with Crippen LogP contribution in [0.4, 0.5) is 0 Å². The number of benzene rings is 2. The highest BCUT2D eigenvalue weighted by molar-refractivity contribution is 5.36. The van der Waals surface area contributed by atoms with Crippen LogP contribution in [0.1, 0.15) is 22.7 Å². The van der Waals surface area contributed by atoms with E-state index in [0.717, 1.165) is 24.4 Å². The van der Waals surface area contributed by atoms with Crippen LogP contribution in [0.25, 0.3) is 0 Å². The van der Waals surface area contributed by atoms with Crippen molar-refractivity contribution in [2.24, 2.45) is 0 Å². The maximum Gasteiger partial charge on any atom is 0.137 e. The molecule has 5 heteroatoms. The SMILES string of the molecule is COc1ccc(CNC(Cn2cncn2)c2ccccc2)cc1C. The Morgan fingerprint density at radius 3 is 2.67 bits per heavy atom. The van der Waals surface area contributed by atoms with E-state index in [9.17, 15) is 0 Å². The Morgan fingerprint density at radius 2 is 2.00 bits per heavy atom. The van der Waals surface area contributed by atoms with Crippen LogP contribution < -0.4 is 10.1 Å². The molecule has 0 aliphatic carbocycles. The van der Waals surface area contributed by atoms with Gasteiger partial charge in [-0.05, 0) is 29.7 Å². The Labute approximate surface area is 142 Å². The summed E-state index contributed by atoms with van der Waals surface area (Å²) in [6, 6.07) is 16.8. The Bertz CT molecular complexity index is 756. The molecule has 0 radical (unpaired) electrons. The van der Waals surface area contributed by atoms with Crippen molar-refractivity contribution >= 4 is 0 Å². The van der Waals surface area contributed by atoms with Crippen molar-refractivity contribution in [2.75, 3.05) is 7.11 Å². The summed E-state index contributed by atoms with van der Waals surface area (Å²) in [6.07, 6.45) is 3.31. The molecule has 0 aliphatic rings. The largest absolute Gasteiger partial charge is 0.496 e. The molecule has 0 spiro atoms.